The van der Waals surface area contributed by atoms with E-state index in [1.807, 2.05) is 0 Å². The van der Waals surface area contributed by atoms with Gasteiger partial charge in [0.05, 0.1) is 28.1 Å². The van der Waals surface area contributed by atoms with E-state index in [1.165, 1.54) is 71.9 Å². The fourth-order valence-corrected chi connectivity index (χ4v) is 10.1. The molecule has 3 nitrogen and oxygen atoms in total. The van der Waals surface area contributed by atoms with Gasteiger partial charge >= 0.3 is 0 Å². The van der Waals surface area contributed by atoms with Gasteiger partial charge in [-0.15, -0.1) is 0 Å². The topological polar surface area (TPSA) is 21.3 Å². The van der Waals surface area contributed by atoms with Gasteiger partial charge in [-0.05, 0) is 100 Å². The predicted octanol–water partition coefficient (Wildman–Crippen LogP) is 15.2. The molecular weight excluding hydrogens is 705 g/mol. The highest BCUT2D eigenvalue weighted by Crippen LogP contribution is 2.55. The molecule has 0 saturated heterocycles. The number of nitrogens with zero attached hydrogens (tertiary/aromatic N) is 2. The van der Waals surface area contributed by atoms with Crippen molar-refractivity contribution in [3.63, 3.8) is 0 Å². The molecule has 2 heterocycles. The van der Waals surface area contributed by atoms with Crippen molar-refractivity contribution >= 4 is 71.6 Å². The maximum Gasteiger partial charge on any atom is 0.136 e. The van der Waals surface area contributed by atoms with Gasteiger partial charge in [-0.2, -0.15) is 0 Å². The monoisotopic (exact) mass is 744 g/mol. The lowest BCUT2D eigenvalue weighted by Gasteiger charge is -2.34. The Morgan fingerprint density at radius 3 is 1.98 bits per heavy atom. The first-order valence-electron chi connectivity index (χ1n) is 20.4. The number of hydrogen-bond donors (Lipinski definition) is 0. The quantitative estimate of drug-likeness (QED) is 0.175. The molecule has 2 aliphatic carbocycles. The van der Waals surface area contributed by atoms with Crippen LogP contribution < -0.4 is 4.90 Å². The first-order chi connectivity index (χ1) is 28.5. The van der Waals surface area contributed by atoms with Crippen molar-refractivity contribution < 1.29 is 4.42 Å². The van der Waals surface area contributed by atoms with Crippen molar-refractivity contribution in [2.24, 2.45) is 0 Å². The van der Waals surface area contributed by atoms with Gasteiger partial charge in [0.2, 0.25) is 0 Å². The van der Waals surface area contributed by atoms with Crippen LogP contribution in [0, 0.1) is 0 Å². The van der Waals surface area contributed by atoms with Crippen LogP contribution in [0.4, 0.5) is 11.4 Å². The molecule has 2 aliphatic rings. The highest BCUT2D eigenvalue weighted by atomic mass is 16.3. The van der Waals surface area contributed by atoms with E-state index in [4.69, 9.17) is 4.42 Å². The summed E-state index contributed by atoms with van der Waals surface area (Å²) >= 11 is 0. The van der Waals surface area contributed by atoms with E-state index in [1.54, 1.807) is 0 Å². The molecule has 10 aromatic rings. The number of fused-ring (bicyclic) bond motifs is 10. The third-order valence-electron chi connectivity index (χ3n) is 12.8. The zero-order chi connectivity index (χ0) is 38.5. The van der Waals surface area contributed by atoms with Crippen molar-refractivity contribution in [1.29, 1.82) is 0 Å². The first kappa shape index (κ1) is 33.1. The minimum atomic E-state index is -0.142. The van der Waals surface area contributed by atoms with Crippen molar-refractivity contribution in [3.8, 4) is 22.3 Å². The van der Waals surface area contributed by atoms with Gasteiger partial charge in [0.15, 0.2) is 0 Å². The lowest BCUT2D eigenvalue weighted by molar-refractivity contribution is 0.660. The number of hydrogen-bond acceptors (Lipinski definition) is 2. The Hall–Kier alpha value is -7.10. The molecule has 0 amide bonds. The fourth-order valence-electron chi connectivity index (χ4n) is 10.1. The summed E-state index contributed by atoms with van der Waals surface area (Å²) in [4.78, 5) is 2.58. The van der Waals surface area contributed by atoms with Crippen molar-refractivity contribution in [2.45, 2.75) is 32.1 Å². The van der Waals surface area contributed by atoms with E-state index in [0.29, 0.717) is 0 Å². The summed E-state index contributed by atoms with van der Waals surface area (Å²) in [6.07, 6.45) is 6.61. The Balaban J connectivity index is 1.16. The van der Waals surface area contributed by atoms with Crippen LogP contribution in [0.5, 0.6) is 0 Å². The normalized spacial score (nSPS) is 14.6. The van der Waals surface area contributed by atoms with E-state index < -0.39 is 0 Å². The highest BCUT2D eigenvalue weighted by Gasteiger charge is 2.38. The molecule has 3 heteroatoms. The minimum Gasteiger partial charge on any atom is -0.456 e. The number of aromatic nitrogens is 1. The first-order valence-corrected chi connectivity index (χ1v) is 20.4. The molecule has 276 valence electrons. The summed E-state index contributed by atoms with van der Waals surface area (Å²) in [6.45, 7) is 4.74. The smallest absolute Gasteiger partial charge is 0.136 e. The molecule has 2 aromatic heterocycles. The summed E-state index contributed by atoms with van der Waals surface area (Å²) in [5.74, 6) is 0. The van der Waals surface area contributed by atoms with Crippen LogP contribution in [0.2, 0.25) is 0 Å². The second-order valence-electron chi connectivity index (χ2n) is 16.4. The molecule has 0 N–H and O–H groups in total. The second kappa shape index (κ2) is 12.4. The number of anilines is 2. The Labute approximate surface area is 337 Å². The van der Waals surface area contributed by atoms with Gasteiger partial charge in [-0.1, -0.05) is 141 Å². The van der Waals surface area contributed by atoms with Gasteiger partial charge < -0.3 is 13.9 Å². The molecule has 0 atom stereocenters. The van der Waals surface area contributed by atoms with Crippen LogP contribution in [0.3, 0.4) is 0 Å². The number of benzene rings is 8. The average molecular weight is 745 g/mol. The number of rotatable bonds is 5. The van der Waals surface area contributed by atoms with E-state index in [9.17, 15) is 0 Å². The van der Waals surface area contributed by atoms with Gasteiger partial charge in [0.1, 0.15) is 11.2 Å². The fraction of sp³-hybridized carbons (Fsp3) is 0.0909. The van der Waals surface area contributed by atoms with E-state index in [0.717, 1.165) is 51.6 Å². The molecule has 0 saturated carbocycles. The molecule has 0 spiro atoms. The largest absolute Gasteiger partial charge is 0.456 e. The van der Waals surface area contributed by atoms with E-state index in [2.05, 4.69) is 205 Å². The molecule has 0 bridgehead atoms. The second-order valence-corrected chi connectivity index (χ2v) is 16.4. The standard InChI is InChI=1S/C55H40N2O/c1-55(2)44-22-9-5-21-41(44)54-45(55)23-15-29-51(54)57(50-28-14-13-27-49(50)56-47-25-11-7-19-39(47)40-20-8-12-26-48(40)56)46-24-10-6-18-38(46)37-30-31-52-42(33-37)43-32-35-16-3-4-17-36(35)34-53(43)58-52/h3-12,14-26,28-34H,13,27H2,1-2H3. The average Bonchev–Trinajstić information content (AvgIpc) is 3.88. The van der Waals surface area contributed by atoms with Gasteiger partial charge in [-0.25, -0.2) is 0 Å². The van der Waals surface area contributed by atoms with Crippen molar-refractivity contribution in [2.75, 3.05) is 4.90 Å². The summed E-state index contributed by atoms with van der Waals surface area (Å²) in [5.41, 5.74) is 16.6. The minimum absolute atomic E-state index is 0.142. The Morgan fingerprint density at radius 1 is 0.534 bits per heavy atom. The predicted molar refractivity (Wildman–Crippen MR) is 244 cm³/mol. The molecule has 12 rings (SSSR count). The number of para-hydroxylation sites is 3. The van der Waals surface area contributed by atoms with Gasteiger partial charge in [0, 0.05) is 43.8 Å². The van der Waals surface area contributed by atoms with Crippen LogP contribution >= 0.6 is 0 Å². The van der Waals surface area contributed by atoms with Crippen LogP contribution in [0.1, 0.15) is 37.8 Å². The summed E-state index contributed by atoms with van der Waals surface area (Å²) in [7, 11) is 0. The molecule has 0 aliphatic heterocycles. The number of furan rings is 1. The highest BCUT2D eigenvalue weighted by molar-refractivity contribution is 6.12. The van der Waals surface area contributed by atoms with E-state index >= 15 is 0 Å². The molecule has 8 aromatic carbocycles. The number of allylic oxidation sites excluding steroid dienone is 3. The molecule has 0 fully saturated rings. The zero-order valence-electron chi connectivity index (χ0n) is 32.5. The van der Waals surface area contributed by atoms with Crippen LogP contribution in [-0.2, 0) is 5.41 Å². The molecule has 58 heavy (non-hydrogen) atoms. The third kappa shape index (κ3) is 4.74. The molecule has 0 unspecified atom stereocenters. The Kier molecular flexibility index (Phi) is 7.10. The third-order valence-corrected chi connectivity index (χ3v) is 12.8. The van der Waals surface area contributed by atoms with Crippen molar-refractivity contribution in [3.05, 3.63) is 199 Å². The summed E-state index contributed by atoms with van der Waals surface area (Å²) < 4.78 is 9.03. The Morgan fingerprint density at radius 2 is 1.17 bits per heavy atom. The molecular formula is C55H40N2O. The van der Waals surface area contributed by atoms with Gasteiger partial charge in [0.25, 0.3) is 0 Å². The van der Waals surface area contributed by atoms with Crippen LogP contribution in [-0.4, -0.2) is 4.57 Å². The van der Waals surface area contributed by atoms with Crippen molar-refractivity contribution in [1.82, 2.24) is 4.57 Å². The van der Waals surface area contributed by atoms with Crippen LogP contribution in [0.15, 0.2) is 192 Å². The SMILES string of the molecule is CC1(C)c2ccccc2-c2c(N(C3=C(n4c5ccccc5c5ccccc54)CCC=C3)c3ccccc3-c3ccc4oc5cc6ccccc6cc5c4c3)cccc21. The Bertz CT molecular complexity index is 3330. The zero-order valence-corrected chi connectivity index (χ0v) is 32.5. The van der Waals surface area contributed by atoms with Gasteiger partial charge in [-0.3, -0.25) is 0 Å². The molecule has 0 radical (unpaired) electrons. The van der Waals surface area contributed by atoms with E-state index in [-0.39, 0.29) is 5.41 Å². The lowest BCUT2D eigenvalue weighted by Crippen LogP contribution is -2.22. The summed E-state index contributed by atoms with van der Waals surface area (Å²) in [5, 5.41) is 7.20. The van der Waals surface area contributed by atoms with Crippen LogP contribution in [0.25, 0.3) is 82.5 Å². The summed E-state index contributed by atoms with van der Waals surface area (Å²) in [6, 6.07) is 62.4. The lowest BCUT2D eigenvalue weighted by atomic mass is 9.82. The maximum absolute atomic E-state index is 6.49. The maximum atomic E-state index is 6.49.